The van der Waals surface area contributed by atoms with Gasteiger partial charge in [0.1, 0.15) is 11.8 Å². The molecule has 4 N–H and O–H groups in total. The lowest BCUT2D eigenvalue weighted by atomic mass is 10.00. The minimum Gasteiger partial charge on any atom is -0.508 e. The van der Waals surface area contributed by atoms with Gasteiger partial charge in [-0.1, -0.05) is 42.8 Å². The number of halogens is 3. The zero-order valence-corrected chi connectivity index (χ0v) is 17.6. The largest absolute Gasteiger partial charge is 0.508 e. The number of carbonyl (C=O) groups excluding carboxylic acids is 1. The van der Waals surface area contributed by atoms with Gasteiger partial charge in [0.25, 0.3) is 0 Å². The molecule has 0 radical (unpaired) electrons. The van der Waals surface area contributed by atoms with Gasteiger partial charge in [-0.05, 0) is 48.2 Å². The molecule has 0 unspecified atom stereocenters. The summed E-state index contributed by atoms with van der Waals surface area (Å²) in [5, 5.41) is 31.9. The highest BCUT2D eigenvalue weighted by Crippen LogP contribution is 2.22. The highest BCUT2D eigenvalue weighted by Gasteiger charge is 2.38. The third-order valence-corrected chi connectivity index (χ3v) is 4.94. The molecule has 2 atom stereocenters. The molecule has 0 aliphatic carbocycles. The van der Waals surface area contributed by atoms with E-state index < -0.39 is 18.2 Å². The van der Waals surface area contributed by atoms with Crippen molar-refractivity contribution in [2.24, 2.45) is 0 Å². The smallest absolute Gasteiger partial charge is 0.490 e. The highest BCUT2D eigenvalue weighted by atomic mass is 19.4. The number of amides is 1. The molecule has 1 aliphatic rings. The maximum absolute atomic E-state index is 12.3. The van der Waals surface area contributed by atoms with E-state index in [1.165, 1.54) is 0 Å². The first-order chi connectivity index (χ1) is 15.6. The molecule has 1 fully saturated rings. The van der Waals surface area contributed by atoms with Gasteiger partial charge in [0.2, 0.25) is 5.91 Å². The van der Waals surface area contributed by atoms with E-state index in [1.807, 2.05) is 36.4 Å². The Bertz CT molecular complexity index is 964. The summed E-state index contributed by atoms with van der Waals surface area (Å²) in [6.07, 6.45) is -1.64. The number of hydrogen-bond acceptors (Lipinski definition) is 5. The summed E-state index contributed by atoms with van der Waals surface area (Å²) in [5.74, 6) is -2.60. The first-order valence-electron chi connectivity index (χ1n) is 10.2. The predicted molar refractivity (Wildman–Crippen MR) is 114 cm³/mol. The lowest BCUT2D eigenvalue weighted by molar-refractivity contribution is -0.192. The topological polar surface area (TPSA) is 122 Å². The van der Waals surface area contributed by atoms with Crippen LogP contribution >= 0.6 is 0 Å². The molecule has 0 spiro atoms. The first kappa shape index (κ1) is 25.7. The predicted octanol–water partition coefficient (Wildman–Crippen LogP) is 3.39. The second-order valence-electron chi connectivity index (χ2n) is 7.44. The molecule has 1 heterocycles. The molecule has 33 heavy (non-hydrogen) atoms. The zero-order chi connectivity index (χ0) is 24.4. The van der Waals surface area contributed by atoms with Gasteiger partial charge in [0.15, 0.2) is 0 Å². The molecule has 0 bridgehead atoms. The van der Waals surface area contributed by atoms with Gasteiger partial charge in [-0.3, -0.25) is 4.79 Å². The summed E-state index contributed by atoms with van der Waals surface area (Å²) < 4.78 is 31.7. The average Bonchev–Trinajstić information content (AvgIpc) is 2.80. The highest BCUT2D eigenvalue weighted by molar-refractivity contribution is 5.82. The van der Waals surface area contributed by atoms with Gasteiger partial charge in [0.05, 0.1) is 12.1 Å². The fourth-order valence-corrected chi connectivity index (χ4v) is 3.20. The van der Waals surface area contributed by atoms with Crippen LogP contribution in [-0.4, -0.2) is 46.9 Å². The van der Waals surface area contributed by atoms with Crippen molar-refractivity contribution >= 4 is 11.9 Å². The molecule has 3 rings (SSSR count). The quantitative estimate of drug-likeness (QED) is 0.539. The van der Waals surface area contributed by atoms with E-state index in [4.69, 9.17) is 9.90 Å². The van der Waals surface area contributed by atoms with Crippen LogP contribution in [0.3, 0.4) is 0 Å². The van der Waals surface area contributed by atoms with Gasteiger partial charge < -0.3 is 20.8 Å². The molecule has 10 heteroatoms. The zero-order valence-electron chi connectivity index (χ0n) is 17.6. The molecule has 0 saturated carbocycles. The summed E-state index contributed by atoms with van der Waals surface area (Å²) in [5.41, 5.74) is 3.05. The van der Waals surface area contributed by atoms with Gasteiger partial charge >= 0.3 is 12.1 Å². The Hall–Kier alpha value is -3.58. The van der Waals surface area contributed by atoms with Crippen LogP contribution in [0.2, 0.25) is 0 Å². The van der Waals surface area contributed by atoms with E-state index in [0.29, 0.717) is 6.42 Å². The average molecular weight is 463 g/mol. The van der Waals surface area contributed by atoms with Crippen molar-refractivity contribution in [3.05, 3.63) is 54.1 Å². The molecule has 2 aromatic carbocycles. The number of rotatable bonds is 5. The van der Waals surface area contributed by atoms with E-state index >= 15 is 0 Å². The standard InChI is InChI=1S/C21H23N3O2.C2HF3O2/c22-14-18(24-21(26)20-3-1-2-12-23-20)13-15-4-6-16(7-5-15)17-8-10-19(25)11-9-17;3-2(4,5)1(6)7/h4-11,18,20,23,25H,1-3,12-13H2,(H,24,26);(H,6,7)/t18-,20-;/m0./s1. The fourth-order valence-electron chi connectivity index (χ4n) is 3.20. The number of aromatic hydroxyl groups is 1. The molecule has 1 aliphatic heterocycles. The number of carbonyl (C=O) groups is 2. The second kappa shape index (κ2) is 11.9. The van der Waals surface area contributed by atoms with E-state index in [9.17, 15) is 28.3 Å². The number of nitrogens with one attached hydrogen (secondary N) is 2. The van der Waals surface area contributed by atoms with Gasteiger partial charge in [-0.25, -0.2) is 4.79 Å². The van der Waals surface area contributed by atoms with E-state index in [-0.39, 0.29) is 17.7 Å². The van der Waals surface area contributed by atoms with Crippen LogP contribution in [0.15, 0.2) is 48.5 Å². The minimum absolute atomic E-state index is 0.0861. The number of nitrogens with zero attached hydrogens (tertiary/aromatic N) is 1. The number of aliphatic carboxylic acids is 1. The number of phenolic OH excluding ortho intramolecular Hbond substituents is 1. The molecular weight excluding hydrogens is 439 g/mol. The lowest BCUT2D eigenvalue weighted by Crippen LogP contribution is -2.49. The summed E-state index contributed by atoms with van der Waals surface area (Å²) in [7, 11) is 0. The van der Waals surface area contributed by atoms with Gasteiger partial charge in [-0.2, -0.15) is 18.4 Å². The second-order valence-corrected chi connectivity index (χ2v) is 7.44. The first-order valence-corrected chi connectivity index (χ1v) is 10.2. The number of alkyl halides is 3. The van der Waals surface area contributed by atoms with Gasteiger partial charge in [0, 0.05) is 6.42 Å². The van der Waals surface area contributed by atoms with Crippen molar-refractivity contribution in [1.82, 2.24) is 10.6 Å². The maximum atomic E-state index is 12.3. The van der Waals surface area contributed by atoms with Crippen LogP contribution in [0.1, 0.15) is 24.8 Å². The molecule has 7 nitrogen and oxygen atoms in total. The molecule has 176 valence electrons. The van der Waals surface area contributed by atoms with Crippen molar-refractivity contribution in [2.75, 3.05) is 6.54 Å². The van der Waals surface area contributed by atoms with Gasteiger partial charge in [-0.15, -0.1) is 0 Å². The van der Waals surface area contributed by atoms with Crippen molar-refractivity contribution in [3.8, 4) is 22.9 Å². The summed E-state index contributed by atoms with van der Waals surface area (Å²) in [4.78, 5) is 21.2. The Balaban J connectivity index is 0.000000479. The van der Waals surface area contributed by atoms with Crippen LogP contribution in [0.5, 0.6) is 5.75 Å². The molecule has 2 aromatic rings. The number of nitriles is 1. The third kappa shape index (κ3) is 8.46. The number of carboxylic acids is 1. The van der Waals surface area contributed by atoms with E-state index in [2.05, 4.69) is 16.7 Å². The fraction of sp³-hybridized carbons (Fsp3) is 0.348. The maximum Gasteiger partial charge on any atom is 0.490 e. The van der Waals surface area contributed by atoms with E-state index in [1.54, 1.807) is 12.1 Å². The van der Waals surface area contributed by atoms with Crippen LogP contribution in [0, 0.1) is 11.3 Å². The summed E-state index contributed by atoms with van der Waals surface area (Å²) in [6.45, 7) is 0.855. The van der Waals surface area contributed by atoms with Crippen LogP contribution in [0.25, 0.3) is 11.1 Å². The number of carboxylic acid groups (broad SMARTS) is 1. The summed E-state index contributed by atoms with van der Waals surface area (Å²) in [6, 6.07) is 16.4. The van der Waals surface area contributed by atoms with Crippen LogP contribution in [-0.2, 0) is 16.0 Å². The Morgan fingerprint density at radius 1 is 1.09 bits per heavy atom. The molecule has 1 amide bonds. The van der Waals surface area contributed by atoms with Crippen molar-refractivity contribution < 1.29 is 33.0 Å². The van der Waals surface area contributed by atoms with Crippen molar-refractivity contribution in [1.29, 1.82) is 5.26 Å². The number of piperidine rings is 1. The number of benzene rings is 2. The van der Waals surface area contributed by atoms with Crippen molar-refractivity contribution in [2.45, 2.75) is 43.9 Å². The minimum atomic E-state index is -5.08. The Labute approximate surface area is 188 Å². The normalized spacial score (nSPS) is 16.5. The number of phenols is 1. The van der Waals surface area contributed by atoms with Crippen molar-refractivity contribution in [3.63, 3.8) is 0 Å². The lowest BCUT2D eigenvalue weighted by Gasteiger charge is -2.23. The Morgan fingerprint density at radius 2 is 1.64 bits per heavy atom. The molecule has 0 aromatic heterocycles. The Kier molecular flexibility index (Phi) is 9.24. The Morgan fingerprint density at radius 3 is 2.09 bits per heavy atom. The molecular formula is C23H24F3N3O4. The third-order valence-electron chi connectivity index (χ3n) is 4.94. The monoisotopic (exact) mass is 463 g/mol. The SMILES string of the molecule is N#C[C@H](Cc1ccc(-c2ccc(O)cc2)cc1)NC(=O)[C@@H]1CCCCN1.O=C(O)C(F)(F)F. The van der Waals surface area contributed by atoms with Crippen LogP contribution < -0.4 is 10.6 Å². The van der Waals surface area contributed by atoms with Crippen LogP contribution in [0.4, 0.5) is 13.2 Å². The number of hydrogen-bond donors (Lipinski definition) is 4. The van der Waals surface area contributed by atoms with E-state index in [0.717, 1.165) is 42.5 Å². The molecule has 1 saturated heterocycles. The summed E-state index contributed by atoms with van der Waals surface area (Å²) >= 11 is 0.